The second kappa shape index (κ2) is 7.82. The van der Waals surface area contributed by atoms with E-state index in [-0.39, 0.29) is 18.6 Å². The zero-order valence-electron chi connectivity index (χ0n) is 11.6. The predicted molar refractivity (Wildman–Crippen MR) is 72.9 cm³/mol. The molecule has 1 aliphatic carbocycles. The van der Waals surface area contributed by atoms with E-state index < -0.39 is 0 Å². The average Bonchev–Trinajstić information content (AvgIpc) is 2.93. The standard InChI is InChI=1S/C14H26N2O3/c17-8-7-16(13-3-1-2-4-13)11-14(18)15-12-5-9-19-10-6-12/h12-13,17H,1-11H2,(H,15,18). The highest BCUT2D eigenvalue weighted by Crippen LogP contribution is 2.23. The molecule has 1 amide bonds. The van der Waals surface area contributed by atoms with Crippen LogP contribution in [0.25, 0.3) is 0 Å². The molecule has 2 fully saturated rings. The van der Waals surface area contributed by atoms with Crippen LogP contribution in [0.5, 0.6) is 0 Å². The number of carbonyl (C=O) groups is 1. The van der Waals surface area contributed by atoms with Crippen LogP contribution in [0.4, 0.5) is 0 Å². The summed E-state index contributed by atoms with van der Waals surface area (Å²) < 4.78 is 5.29. The van der Waals surface area contributed by atoms with E-state index in [2.05, 4.69) is 10.2 Å². The van der Waals surface area contributed by atoms with Crippen LogP contribution in [0.3, 0.4) is 0 Å². The summed E-state index contributed by atoms with van der Waals surface area (Å²) in [6, 6.07) is 0.744. The Hall–Kier alpha value is -0.650. The molecule has 1 saturated carbocycles. The average molecular weight is 270 g/mol. The van der Waals surface area contributed by atoms with Gasteiger partial charge in [-0.05, 0) is 25.7 Å². The summed E-state index contributed by atoms with van der Waals surface area (Å²) in [7, 11) is 0. The van der Waals surface area contributed by atoms with Crippen molar-refractivity contribution in [1.29, 1.82) is 0 Å². The fourth-order valence-corrected chi connectivity index (χ4v) is 3.09. The van der Waals surface area contributed by atoms with Crippen molar-refractivity contribution in [3.05, 3.63) is 0 Å². The van der Waals surface area contributed by atoms with Crippen molar-refractivity contribution < 1.29 is 14.6 Å². The van der Waals surface area contributed by atoms with Gasteiger partial charge in [-0.2, -0.15) is 0 Å². The summed E-state index contributed by atoms with van der Waals surface area (Å²) in [4.78, 5) is 14.2. The molecule has 0 bridgehead atoms. The highest BCUT2D eigenvalue weighted by molar-refractivity contribution is 5.78. The van der Waals surface area contributed by atoms with E-state index in [1.165, 1.54) is 12.8 Å². The monoisotopic (exact) mass is 270 g/mol. The molecule has 0 atom stereocenters. The van der Waals surface area contributed by atoms with Crippen molar-refractivity contribution in [3.63, 3.8) is 0 Å². The van der Waals surface area contributed by atoms with Crippen LogP contribution in [-0.4, -0.2) is 60.9 Å². The van der Waals surface area contributed by atoms with Gasteiger partial charge in [-0.25, -0.2) is 0 Å². The number of carbonyl (C=O) groups excluding carboxylic acids is 1. The number of nitrogens with zero attached hydrogens (tertiary/aromatic N) is 1. The Balaban J connectivity index is 1.76. The molecule has 2 N–H and O–H groups in total. The van der Waals surface area contributed by atoms with Crippen molar-refractivity contribution >= 4 is 5.91 Å². The molecule has 110 valence electrons. The zero-order valence-corrected chi connectivity index (χ0v) is 11.6. The summed E-state index contributed by atoms with van der Waals surface area (Å²) in [6.07, 6.45) is 6.63. The van der Waals surface area contributed by atoms with Crippen molar-refractivity contribution in [2.45, 2.75) is 50.6 Å². The summed E-state index contributed by atoms with van der Waals surface area (Å²) >= 11 is 0. The number of aliphatic hydroxyl groups is 1. The minimum absolute atomic E-state index is 0.0900. The molecular formula is C14H26N2O3. The highest BCUT2D eigenvalue weighted by Gasteiger charge is 2.25. The molecule has 19 heavy (non-hydrogen) atoms. The molecule has 1 aliphatic heterocycles. The molecule has 1 heterocycles. The van der Waals surface area contributed by atoms with Crippen LogP contribution < -0.4 is 5.32 Å². The van der Waals surface area contributed by atoms with Crippen molar-refractivity contribution in [3.8, 4) is 0 Å². The van der Waals surface area contributed by atoms with Crippen molar-refractivity contribution in [2.24, 2.45) is 0 Å². The maximum atomic E-state index is 12.1. The Morgan fingerprint density at radius 1 is 1.21 bits per heavy atom. The number of hydrogen-bond acceptors (Lipinski definition) is 4. The molecule has 5 heteroatoms. The first-order chi connectivity index (χ1) is 9.29. The van der Waals surface area contributed by atoms with E-state index in [1.807, 2.05) is 0 Å². The SMILES string of the molecule is O=C(CN(CCO)C1CCCC1)NC1CCOCC1. The van der Waals surface area contributed by atoms with Crippen LogP contribution >= 0.6 is 0 Å². The summed E-state index contributed by atoms with van der Waals surface area (Å²) in [5.41, 5.74) is 0. The fraction of sp³-hybridized carbons (Fsp3) is 0.929. The summed E-state index contributed by atoms with van der Waals surface area (Å²) in [5.74, 6) is 0.0900. The van der Waals surface area contributed by atoms with Crippen LogP contribution in [0.2, 0.25) is 0 Å². The Kier molecular flexibility index (Phi) is 6.07. The Labute approximate surface area is 115 Å². The van der Waals surface area contributed by atoms with Gasteiger partial charge in [0.25, 0.3) is 0 Å². The Morgan fingerprint density at radius 3 is 2.53 bits per heavy atom. The van der Waals surface area contributed by atoms with Gasteiger partial charge in [-0.3, -0.25) is 9.69 Å². The molecule has 5 nitrogen and oxygen atoms in total. The number of aliphatic hydroxyl groups excluding tert-OH is 1. The van der Waals surface area contributed by atoms with E-state index in [0.717, 1.165) is 38.9 Å². The van der Waals surface area contributed by atoms with Crippen LogP contribution in [0, 0.1) is 0 Å². The number of amides is 1. The first-order valence-electron chi connectivity index (χ1n) is 7.51. The topological polar surface area (TPSA) is 61.8 Å². The lowest BCUT2D eigenvalue weighted by atomic mass is 10.1. The number of rotatable bonds is 6. The third kappa shape index (κ3) is 4.75. The largest absolute Gasteiger partial charge is 0.395 e. The van der Waals surface area contributed by atoms with Gasteiger partial charge in [0.05, 0.1) is 13.2 Å². The zero-order chi connectivity index (χ0) is 13.5. The molecule has 0 aromatic heterocycles. The van der Waals surface area contributed by atoms with Gasteiger partial charge in [-0.15, -0.1) is 0 Å². The first kappa shape index (κ1) is 14.8. The molecule has 0 spiro atoms. The molecular weight excluding hydrogens is 244 g/mol. The quantitative estimate of drug-likeness (QED) is 0.738. The molecule has 1 saturated heterocycles. The molecule has 0 aromatic carbocycles. The normalized spacial score (nSPS) is 22.0. The smallest absolute Gasteiger partial charge is 0.234 e. The van der Waals surface area contributed by atoms with Crippen LogP contribution in [0.1, 0.15) is 38.5 Å². The van der Waals surface area contributed by atoms with Gasteiger partial charge in [0.2, 0.25) is 5.91 Å². The van der Waals surface area contributed by atoms with Gasteiger partial charge < -0.3 is 15.2 Å². The predicted octanol–water partition coefficient (Wildman–Crippen LogP) is 0.518. The fourth-order valence-electron chi connectivity index (χ4n) is 3.09. The minimum Gasteiger partial charge on any atom is -0.395 e. The lowest BCUT2D eigenvalue weighted by molar-refractivity contribution is -0.124. The lowest BCUT2D eigenvalue weighted by Crippen LogP contribution is -2.47. The van der Waals surface area contributed by atoms with Gasteiger partial charge in [0.1, 0.15) is 0 Å². The van der Waals surface area contributed by atoms with Gasteiger partial charge in [0.15, 0.2) is 0 Å². The number of hydrogen-bond donors (Lipinski definition) is 2. The summed E-state index contributed by atoms with van der Waals surface area (Å²) in [5, 5.41) is 12.2. The number of ether oxygens (including phenoxy) is 1. The Bertz CT molecular complexity index is 274. The molecule has 2 aliphatic rings. The van der Waals surface area contributed by atoms with Crippen molar-refractivity contribution in [1.82, 2.24) is 10.2 Å². The first-order valence-corrected chi connectivity index (χ1v) is 7.51. The van der Waals surface area contributed by atoms with E-state index in [9.17, 15) is 4.79 Å². The van der Waals surface area contributed by atoms with E-state index >= 15 is 0 Å². The molecule has 0 aromatic rings. The molecule has 2 rings (SSSR count). The minimum atomic E-state index is 0.0900. The maximum absolute atomic E-state index is 12.1. The van der Waals surface area contributed by atoms with Gasteiger partial charge in [0, 0.05) is 31.8 Å². The van der Waals surface area contributed by atoms with Crippen LogP contribution in [0.15, 0.2) is 0 Å². The van der Waals surface area contributed by atoms with Gasteiger partial charge in [-0.1, -0.05) is 12.8 Å². The highest BCUT2D eigenvalue weighted by atomic mass is 16.5. The maximum Gasteiger partial charge on any atom is 0.234 e. The number of nitrogens with one attached hydrogen (secondary N) is 1. The molecule has 0 unspecified atom stereocenters. The third-order valence-corrected chi connectivity index (χ3v) is 4.16. The van der Waals surface area contributed by atoms with E-state index in [1.54, 1.807) is 0 Å². The second-order valence-corrected chi connectivity index (χ2v) is 5.59. The van der Waals surface area contributed by atoms with Gasteiger partial charge >= 0.3 is 0 Å². The van der Waals surface area contributed by atoms with E-state index in [4.69, 9.17) is 9.84 Å². The molecule has 0 radical (unpaired) electrons. The lowest BCUT2D eigenvalue weighted by Gasteiger charge is -2.29. The third-order valence-electron chi connectivity index (χ3n) is 4.16. The second-order valence-electron chi connectivity index (χ2n) is 5.59. The Morgan fingerprint density at radius 2 is 1.89 bits per heavy atom. The van der Waals surface area contributed by atoms with Crippen molar-refractivity contribution in [2.75, 3.05) is 32.9 Å². The van der Waals surface area contributed by atoms with E-state index in [0.29, 0.717) is 19.1 Å². The summed E-state index contributed by atoms with van der Waals surface area (Å²) in [6.45, 7) is 2.64. The van der Waals surface area contributed by atoms with Crippen LogP contribution in [-0.2, 0) is 9.53 Å².